The van der Waals surface area contributed by atoms with Crippen molar-refractivity contribution >= 4 is 11.8 Å². The van der Waals surface area contributed by atoms with E-state index in [4.69, 9.17) is 0 Å². The minimum absolute atomic E-state index is 0.0111. The van der Waals surface area contributed by atoms with Crippen LogP contribution in [0.3, 0.4) is 0 Å². The molecule has 148 valence electrons. The molecular weight excluding hydrogens is 377 g/mol. The van der Waals surface area contributed by atoms with Crippen molar-refractivity contribution in [1.82, 2.24) is 20.4 Å². The zero-order valence-corrected chi connectivity index (χ0v) is 14.8. The van der Waals surface area contributed by atoms with Gasteiger partial charge in [0, 0.05) is 42.6 Å². The maximum atomic E-state index is 12.8. The zero-order valence-electron chi connectivity index (χ0n) is 14.8. The molecule has 2 aliphatic rings. The lowest BCUT2D eigenvalue weighted by molar-refractivity contribution is -0.159. The number of benzene rings is 1. The molecule has 0 saturated carbocycles. The first-order valence-electron chi connectivity index (χ1n) is 8.83. The first-order valence-corrected chi connectivity index (χ1v) is 8.83. The highest BCUT2D eigenvalue weighted by molar-refractivity contribution is 5.94. The van der Waals surface area contributed by atoms with Gasteiger partial charge in [0.05, 0.1) is 0 Å². The number of hydrogen-bond donors (Lipinski definition) is 1. The van der Waals surface area contributed by atoms with Crippen molar-refractivity contribution in [2.75, 3.05) is 19.6 Å². The van der Waals surface area contributed by atoms with Gasteiger partial charge in [-0.25, -0.2) is 0 Å². The molecule has 1 atom stereocenters. The lowest BCUT2D eigenvalue weighted by atomic mass is 9.79. The topological polar surface area (TPSA) is 88.3 Å². The van der Waals surface area contributed by atoms with Gasteiger partial charge in [0.2, 0.25) is 11.7 Å². The molecule has 0 aliphatic carbocycles. The Morgan fingerprint density at radius 1 is 1.25 bits per heavy atom. The molecule has 2 aliphatic heterocycles. The molecule has 1 N–H and O–H groups in total. The maximum Gasteiger partial charge on any atom is 0.471 e. The minimum Gasteiger partial charge on any atom is -0.355 e. The van der Waals surface area contributed by atoms with Crippen LogP contribution in [-0.4, -0.2) is 46.5 Å². The highest BCUT2D eigenvalue weighted by Crippen LogP contribution is 2.36. The lowest BCUT2D eigenvalue weighted by Crippen LogP contribution is -2.47. The third-order valence-electron chi connectivity index (χ3n) is 5.20. The first kappa shape index (κ1) is 18.5. The van der Waals surface area contributed by atoms with Gasteiger partial charge in [-0.2, -0.15) is 18.2 Å². The Morgan fingerprint density at radius 2 is 2.00 bits per heavy atom. The number of likely N-dealkylation sites (tertiary alicyclic amines) is 1. The van der Waals surface area contributed by atoms with Gasteiger partial charge in [0.1, 0.15) is 0 Å². The summed E-state index contributed by atoms with van der Waals surface area (Å²) in [5.41, 5.74) is 0.526. The molecule has 4 rings (SSSR count). The molecule has 2 saturated heterocycles. The van der Waals surface area contributed by atoms with Gasteiger partial charge in [0.25, 0.3) is 5.91 Å². The van der Waals surface area contributed by atoms with Crippen molar-refractivity contribution in [1.29, 1.82) is 0 Å². The summed E-state index contributed by atoms with van der Waals surface area (Å²) in [6, 6.07) is 6.03. The number of nitrogens with one attached hydrogen (secondary N) is 1. The van der Waals surface area contributed by atoms with E-state index in [1.807, 2.05) is 0 Å². The van der Waals surface area contributed by atoms with Crippen LogP contribution in [0.1, 0.15) is 35.5 Å². The fraction of sp³-hybridized carbons (Fsp3) is 0.444. The van der Waals surface area contributed by atoms with E-state index in [0.29, 0.717) is 37.2 Å². The quantitative estimate of drug-likeness (QED) is 0.846. The lowest BCUT2D eigenvalue weighted by Gasteiger charge is -2.39. The first-order chi connectivity index (χ1) is 13.3. The Bertz CT molecular complexity index is 910. The van der Waals surface area contributed by atoms with E-state index in [-0.39, 0.29) is 23.1 Å². The van der Waals surface area contributed by atoms with Gasteiger partial charge in [-0.1, -0.05) is 17.3 Å². The third-order valence-corrected chi connectivity index (χ3v) is 5.20. The van der Waals surface area contributed by atoms with Crippen LogP contribution in [0.2, 0.25) is 0 Å². The van der Waals surface area contributed by atoms with E-state index in [1.165, 1.54) is 24.3 Å². The van der Waals surface area contributed by atoms with Crippen LogP contribution in [0.15, 0.2) is 28.8 Å². The van der Waals surface area contributed by atoms with E-state index in [9.17, 15) is 22.8 Å². The molecule has 1 aromatic heterocycles. The van der Waals surface area contributed by atoms with E-state index >= 15 is 0 Å². The van der Waals surface area contributed by atoms with E-state index < -0.39 is 12.1 Å². The summed E-state index contributed by atoms with van der Waals surface area (Å²) in [6.07, 6.45) is -2.56. The zero-order chi connectivity index (χ0) is 19.9. The van der Waals surface area contributed by atoms with E-state index in [2.05, 4.69) is 20.0 Å². The van der Waals surface area contributed by atoms with E-state index in [1.54, 1.807) is 4.90 Å². The molecule has 3 heterocycles. The van der Waals surface area contributed by atoms with Crippen molar-refractivity contribution in [3.8, 4) is 11.4 Å². The SMILES string of the molecule is O=C1CC2(CCCN(C(=O)c3ccc(-c4noc(C(F)(F)F)n4)cc3)C2)CN1. The summed E-state index contributed by atoms with van der Waals surface area (Å²) < 4.78 is 41.9. The van der Waals surface area contributed by atoms with E-state index in [0.717, 1.165) is 12.8 Å². The summed E-state index contributed by atoms with van der Waals surface area (Å²) in [5, 5.41) is 6.17. The Labute approximate surface area is 157 Å². The number of carbonyl (C=O) groups excluding carboxylic acids is 2. The molecule has 2 fully saturated rings. The summed E-state index contributed by atoms with van der Waals surface area (Å²) >= 11 is 0. The largest absolute Gasteiger partial charge is 0.471 e. The summed E-state index contributed by atoms with van der Waals surface area (Å²) in [7, 11) is 0. The average Bonchev–Trinajstić information content (AvgIpc) is 3.29. The number of nitrogens with zero attached hydrogens (tertiary/aromatic N) is 3. The van der Waals surface area contributed by atoms with Crippen LogP contribution >= 0.6 is 0 Å². The van der Waals surface area contributed by atoms with Crippen LogP contribution in [0, 0.1) is 5.41 Å². The fourth-order valence-corrected chi connectivity index (χ4v) is 3.82. The summed E-state index contributed by atoms with van der Waals surface area (Å²) in [5.74, 6) is -1.77. The van der Waals surface area contributed by atoms with Gasteiger partial charge in [-0.3, -0.25) is 9.59 Å². The Hall–Kier alpha value is -2.91. The number of amides is 2. The maximum absolute atomic E-state index is 12.8. The predicted octanol–water partition coefficient (Wildman–Crippen LogP) is 2.50. The number of aromatic nitrogens is 2. The van der Waals surface area contributed by atoms with Gasteiger partial charge in [-0.15, -0.1) is 0 Å². The molecule has 1 spiro atoms. The molecule has 0 bridgehead atoms. The van der Waals surface area contributed by atoms with Crippen molar-refractivity contribution in [3.05, 3.63) is 35.7 Å². The third kappa shape index (κ3) is 3.46. The average molecular weight is 394 g/mol. The van der Waals surface area contributed by atoms with Gasteiger partial charge >= 0.3 is 12.1 Å². The molecule has 7 nitrogen and oxygen atoms in total. The smallest absolute Gasteiger partial charge is 0.355 e. The van der Waals surface area contributed by atoms with Crippen LogP contribution in [-0.2, 0) is 11.0 Å². The predicted molar refractivity (Wildman–Crippen MR) is 89.9 cm³/mol. The highest BCUT2D eigenvalue weighted by Gasteiger charge is 2.43. The molecule has 28 heavy (non-hydrogen) atoms. The summed E-state index contributed by atoms with van der Waals surface area (Å²) in [4.78, 5) is 29.5. The second-order valence-electron chi connectivity index (χ2n) is 7.28. The Kier molecular flexibility index (Phi) is 4.35. The monoisotopic (exact) mass is 394 g/mol. The van der Waals surface area contributed by atoms with Gasteiger partial charge < -0.3 is 14.7 Å². The molecule has 1 unspecified atom stereocenters. The second kappa shape index (κ2) is 6.61. The van der Waals surface area contributed by atoms with Gasteiger partial charge in [0.15, 0.2) is 0 Å². The molecule has 10 heteroatoms. The Balaban J connectivity index is 1.48. The molecule has 1 aromatic carbocycles. The van der Waals surface area contributed by atoms with Crippen molar-refractivity contribution in [2.45, 2.75) is 25.4 Å². The fourth-order valence-electron chi connectivity index (χ4n) is 3.82. The van der Waals surface area contributed by atoms with Crippen LogP contribution in [0.25, 0.3) is 11.4 Å². The standard InChI is InChI=1S/C18H17F3N4O3/c19-18(20,21)16-23-14(24-28-16)11-2-4-12(5-3-11)15(27)25-7-1-6-17(10-25)8-13(26)22-9-17/h2-5H,1,6-10H2,(H,22,26). The minimum atomic E-state index is -4.71. The molecule has 2 amide bonds. The van der Waals surface area contributed by atoms with Crippen molar-refractivity contribution < 1.29 is 27.3 Å². The molecular formula is C18H17F3N4O3. The number of carbonyl (C=O) groups is 2. The number of piperidine rings is 1. The van der Waals surface area contributed by atoms with Crippen molar-refractivity contribution in [3.63, 3.8) is 0 Å². The number of alkyl halides is 3. The molecule has 2 aromatic rings. The Morgan fingerprint density at radius 3 is 2.61 bits per heavy atom. The number of rotatable bonds is 2. The summed E-state index contributed by atoms with van der Waals surface area (Å²) in [6.45, 7) is 1.69. The molecule has 0 radical (unpaired) electrons. The van der Waals surface area contributed by atoms with Crippen molar-refractivity contribution in [2.24, 2.45) is 5.41 Å². The second-order valence-corrected chi connectivity index (χ2v) is 7.28. The highest BCUT2D eigenvalue weighted by atomic mass is 19.4. The van der Waals surface area contributed by atoms with Crippen LogP contribution < -0.4 is 5.32 Å². The van der Waals surface area contributed by atoms with Gasteiger partial charge in [-0.05, 0) is 25.0 Å². The number of halogens is 3. The number of hydrogen-bond acceptors (Lipinski definition) is 5. The van der Waals surface area contributed by atoms with Crippen LogP contribution in [0.5, 0.6) is 0 Å². The normalized spacial score (nSPS) is 22.5. The van der Waals surface area contributed by atoms with Crippen LogP contribution in [0.4, 0.5) is 13.2 Å².